The van der Waals surface area contributed by atoms with Crippen LogP contribution in [0, 0.1) is 6.92 Å². The third kappa shape index (κ3) is 2.68. The highest BCUT2D eigenvalue weighted by molar-refractivity contribution is 6.31. The number of aromatic nitrogens is 3. The van der Waals surface area contributed by atoms with Crippen molar-refractivity contribution in [1.29, 1.82) is 0 Å². The van der Waals surface area contributed by atoms with Crippen LogP contribution < -0.4 is 5.32 Å². The summed E-state index contributed by atoms with van der Waals surface area (Å²) in [5.74, 6) is -0.152. The minimum atomic E-state index is -0.427. The Morgan fingerprint density at radius 1 is 1.44 bits per heavy atom. The fourth-order valence-corrected chi connectivity index (χ4v) is 1.60. The van der Waals surface area contributed by atoms with Gasteiger partial charge in [0.1, 0.15) is 6.04 Å². The van der Waals surface area contributed by atoms with Crippen LogP contribution in [0.15, 0.2) is 30.7 Å². The van der Waals surface area contributed by atoms with Crippen LogP contribution in [0.3, 0.4) is 0 Å². The highest BCUT2D eigenvalue weighted by atomic mass is 35.5. The molecule has 0 spiro atoms. The molecule has 2 heterocycles. The van der Waals surface area contributed by atoms with Gasteiger partial charge in [-0.15, -0.1) is 0 Å². The van der Waals surface area contributed by atoms with Crippen molar-refractivity contribution in [2.24, 2.45) is 0 Å². The molecule has 0 saturated carbocycles. The first kappa shape index (κ1) is 12.6. The molecule has 6 heteroatoms. The maximum absolute atomic E-state index is 12.0. The Morgan fingerprint density at radius 3 is 2.67 bits per heavy atom. The second kappa shape index (κ2) is 5.18. The van der Waals surface area contributed by atoms with Gasteiger partial charge in [-0.25, -0.2) is 0 Å². The van der Waals surface area contributed by atoms with Gasteiger partial charge in [0.05, 0.1) is 10.7 Å². The molecule has 0 aliphatic rings. The molecule has 2 aromatic heterocycles. The van der Waals surface area contributed by atoms with Gasteiger partial charge >= 0.3 is 0 Å². The maximum Gasteiger partial charge on any atom is 0.248 e. The Balaban J connectivity index is 2.09. The van der Waals surface area contributed by atoms with Crippen molar-refractivity contribution < 1.29 is 4.79 Å². The first-order valence-electron chi connectivity index (χ1n) is 5.50. The fraction of sp³-hybridized carbons (Fsp3) is 0.250. The minimum Gasteiger partial charge on any atom is -0.324 e. The lowest BCUT2D eigenvalue weighted by atomic mass is 10.3. The van der Waals surface area contributed by atoms with Gasteiger partial charge < -0.3 is 5.32 Å². The summed E-state index contributed by atoms with van der Waals surface area (Å²) in [7, 11) is 0. The summed E-state index contributed by atoms with van der Waals surface area (Å²) in [6.45, 7) is 3.56. The largest absolute Gasteiger partial charge is 0.324 e. The van der Waals surface area contributed by atoms with Crippen molar-refractivity contribution >= 4 is 23.2 Å². The van der Waals surface area contributed by atoms with E-state index in [0.717, 1.165) is 0 Å². The van der Waals surface area contributed by atoms with E-state index in [9.17, 15) is 4.79 Å². The Hall–Kier alpha value is -1.88. The summed E-state index contributed by atoms with van der Waals surface area (Å²) in [5.41, 5.74) is 1.41. The highest BCUT2D eigenvalue weighted by Gasteiger charge is 2.17. The summed E-state index contributed by atoms with van der Waals surface area (Å²) >= 11 is 5.92. The van der Waals surface area contributed by atoms with Crippen molar-refractivity contribution in [2.75, 3.05) is 5.32 Å². The number of anilines is 1. The Labute approximate surface area is 110 Å². The summed E-state index contributed by atoms with van der Waals surface area (Å²) in [6, 6.07) is 3.03. The molecule has 0 bridgehead atoms. The van der Waals surface area contributed by atoms with Gasteiger partial charge in [0, 0.05) is 24.3 Å². The van der Waals surface area contributed by atoms with E-state index in [2.05, 4.69) is 15.4 Å². The molecular formula is C12H13ClN4O. The van der Waals surface area contributed by atoms with Gasteiger partial charge in [-0.2, -0.15) is 5.10 Å². The van der Waals surface area contributed by atoms with Crippen LogP contribution in [0.1, 0.15) is 18.7 Å². The number of hydrogen-bond donors (Lipinski definition) is 1. The van der Waals surface area contributed by atoms with Crippen molar-refractivity contribution in [3.05, 3.63) is 41.4 Å². The molecule has 1 unspecified atom stereocenters. The highest BCUT2D eigenvalue weighted by Crippen LogP contribution is 2.17. The van der Waals surface area contributed by atoms with Crippen LogP contribution in [0.4, 0.5) is 5.69 Å². The van der Waals surface area contributed by atoms with Crippen LogP contribution >= 0.6 is 11.6 Å². The van der Waals surface area contributed by atoms with E-state index in [1.165, 1.54) is 0 Å². The van der Waals surface area contributed by atoms with Crippen molar-refractivity contribution in [3.8, 4) is 0 Å². The molecule has 5 nitrogen and oxygen atoms in total. The van der Waals surface area contributed by atoms with Gasteiger partial charge in [0.2, 0.25) is 5.91 Å². The van der Waals surface area contributed by atoms with E-state index < -0.39 is 6.04 Å². The molecule has 1 amide bonds. The van der Waals surface area contributed by atoms with E-state index >= 15 is 0 Å². The van der Waals surface area contributed by atoms with E-state index in [-0.39, 0.29) is 5.91 Å². The smallest absolute Gasteiger partial charge is 0.248 e. The molecule has 2 rings (SSSR count). The number of carbonyl (C=O) groups excluding carboxylic acids is 1. The Bertz CT molecular complexity index is 533. The number of amides is 1. The van der Waals surface area contributed by atoms with Crippen molar-refractivity contribution in [1.82, 2.24) is 14.8 Å². The summed E-state index contributed by atoms with van der Waals surface area (Å²) in [6.07, 6.45) is 4.89. The molecule has 1 N–H and O–H groups in total. The van der Waals surface area contributed by atoms with E-state index in [0.29, 0.717) is 16.4 Å². The molecule has 0 saturated heterocycles. The summed E-state index contributed by atoms with van der Waals surface area (Å²) in [4.78, 5) is 15.9. The van der Waals surface area contributed by atoms with E-state index in [1.54, 1.807) is 49.3 Å². The number of carbonyl (C=O) groups is 1. The lowest BCUT2D eigenvalue weighted by Crippen LogP contribution is -2.24. The summed E-state index contributed by atoms with van der Waals surface area (Å²) < 4.78 is 1.55. The summed E-state index contributed by atoms with van der Waals surface area (Å²) in [5, 5.41) is 7.52. The van der Waals surface area contributed by atoms with Crippen LogP contribution in [-0.4, -0.2) is 20.7 Å². The number of hydrogen-bond acceptors (Lipinski definition) is 3. The molecule has 18 heavy (non-hydrogen) atoms. The van der Waals surface area contributed by atoms with E-state index in [1.807, 2.05) is 0 Å². The predicted octanol–water partition coefficient (Wildman–Crippen LogP) is 2.44. The van der Waals surface area contributed by atoms with Gasteiger partial charge in [0.15, 0.2) is 0 Å². The van der Waals surface area contributed by atoms with Crippen LogP contribution in [0.25, 0.3) is 0 Å². The Kier molecular flexibility index (Phi) is 3.62. The number of nitrogens with one attached hydrogen (secondary N) is 1. The van der Waals surface area contributed by atoms with Crippen LogP contribution in [0.2, 0.25) is 5.02 Å². The molecule has 1 atom stereocenters. The SMILES string of the molecule is Cc1nn(C(C)C(=O)Nc2ccncc2)cc1Cl. The lowest BCUT2D eigenvalue weighted by molar-refractivity contribution is -0.119. The van der Waals surface area contributed by atoms with Gasteiger partial charge in [-0.1, -0.05) is 11.6 Å². The van der Waals surface area contributed by atoms with Crippen molar-refractivity contribution in [3.63, 3.8) is 0 Å². The molecule has 94 valence electrons. The topological polar surface area (TPSA) is 59.8 Å². The fourth-order valence-electron chi connectivity index (χ4n) is 1.46. The zero-order valence-corrected chi connectivity index (χ0v) is 10.8. The van der Waals surface area contributed by atoms with Gasteiger partial charge in [-0.05, 0) is 26.0 Å². The minimum absolute atomic E-state index is 0.152. The first-order valence-corrected chi connectivity index (χ1v) is 5.88. The molecule has 0 aromatic carbocycles. The Morgan fingerprint density at radius 2 is 2.11 bits per heavy atom. The second-order valence-electron chi connectivity index (χ2n) is 3.94. The maximum atomic E-state index is 12.0. The second-order valence-corrected chi connectivity index (χ2v) is 4.35. The number of halogens is 1. The lowest BCUT2D eigenvalue weighted by Gasteiger charge is -2.12. The standard InChI is InChI=1S/C12H13ClN4O/c1-8-11(13)7-17(16-8)9(2)12(18)15-10-3-5-14-6-4-10/h3-7,9H,1-2H3,(H,14,15,18). The predicted molar refractivity (Wildman–Crippen MR) is 69.6 cm³/mol. The average Bonchev–Trinajstić information content (AvgIpc) is 2.70. The molecule has 0 aliphatic carbocycles. The first-order chi connectivity index (χ1) is 8.58. The van der Waals surface area contributed by atoms with Crippen LogP contribution in [-0.2, 0) is 4.79 Å². The molecule has 0 aliphatic heterocycles. The number of aryl methyl sites for hydroxylation is 1. The van der Waals surface area contributed by atoms with Gasteiger partial charge in [-0.3, -0.25) is 14.5 Å². The number of pyridine rings is 1. The zero-order chi connectivity index (χ0) is 13.1. The third-order valence-corrected chi connectivity index (χ3v) is 2.95. The number of rotatable bonds is 3. The molecule has 0 radical (unpaired) electrons. The number of nitrogens with zero attached hydrogens (tertiary/aromatic N) is 3. The monoisotopic (exact) mass is 264 g/mol. The molecule has 0 fully saturated rings. The average molecular weight is 265 g/mol. The normalized spacial score (nSPS) is 12.2. The van der Waals surface area contributed by atoms with Crippen LogP contribution in [0.5, 0.6) is 0 Å². The van der Waals surface area contributed by atoms with Gasteiger partial charge in [0.25, 0.3) is 0 Å². The van der Waals surface area contributed by atoms with E-state index in [4.69, 9.17) is 11.6 Å². The third-order valence-electron chi connectivity index (χ3n) is 2.58. The zero-order valence-electron chi connectivity index (χ0n) is 10.1. The van der Waals surface area contributed by atoms with Crippen molar-refractivity contribution in [2.45, 2.75) is 19.9 Å². The molecular weight excluding hydrogens is 252 g/mol. The molecule has 2 aromatic rings. The quantitative estimate of drug-likeness (QED) is 0.926.